The standard InChI is InChI=1S/C29H32N4O7S/c1-4-12-32-23-11-6-5-10-22(23)29(28(32)37)24(25(34)20-8-7-9-21(19-20)41(38,39)30(2)3)26(35)27(36)33(29)14-13-31-15-17-40-18-16-31/h4-11,19,34H,1,12-18H2,2-3H3. The molecule has 11 nitrogen and oxygen atoms in total. The van der Waals surface area contributed by atoms with E-state index in [1.165, 1.54) is 48.2 Å². The minimum atomic E-state index is -3.88. The zero-order valence-electron chi connectivity index (χ0n) is 22.9. The summed E-state index contributed by atoms with van der Waals surface area (Å²) >= 11 is 0. The van der Waals surface area contributed by atoms with Crippen LogP contribution in [0.2, 0.25) is 0 Å². The van der Waals surface area contributed by atoms with Gasteiger partial charge in [-0.3, -0.25) is 19.3 Å². The Kier molecular flexibility index (Phi) is 7.60. The van der Waals surface area contributed by atoms with Crippen LogP contribution in [0.5, 0.6) is 0 Å². The lowest BCUT2D eigenvalue weighted by molar-refractivity contribution is -0.144. The molecule has 1 atom stereocenters. The Morgan fingerprint density at radius 2 is 1.78 bits per heavy atom. The van der Waals surface area contributed by atoms with Gasteiger partial charge in [0, 0.05) is 57.9 Å². The first-order valence-corrected chi connectivity index (χ1v) is 14.7. The lowest BCUT2D eigenvalue weighted by atomic mass is 9.82. The summed E-state index contributed by atoms with van der Waals surface area (Å²) in [5.74, 6) is -3.13. The molecule has 0 saturated carbocycles. The van der Waals surface area contributed by atoms with Gasteiger partial charge >= 0.3 is 0 Å². The summed E-state index contributed by atoms with van der Waals surface area (Å²) in [5.41, 5.74) is -1.48. The third-order valence-electron chi connectivity index (χ3n) is 7.75. The molecule has 2 saturated heterocycles. The van der Waals surface area contributed by atoms with E-state index in [9.17, 15) is 27.9 Å². The minimum Gasteiger partial charge on any atom is -0.507 e. The number of carbonyl (C=O) groups excluding carboxylic acids is 3. The third-order valence-corrected chi connectivity index (χ3v) is 9.56. The van der Waals surface area contributed by atoms with E-state index in [1.54, 1.807) is 30.3 Å². The summed E-state index contributed by atoms with van der Waals surface area (Å²) < 4.78 is 32.1. The molecular weight excluding hydrogens is 548 g/mol. The summed E-state index contributed by atoms with van der Waals surface area (Å²) in [6.45, 7) is 6.63. The van der Waals surface area contributed by atoms with Crippen molar-refractivity contribution in [1.82, 2.24) is 14.1 Å². The van der Waals surface area contributed by atoms with Gasteiger partial charge in [-0.1, -0.05) is 36.4 Å². The van der Waals surface area contributed by atoms with Gasteiger partial charge in [-0.25, -0.2) is 12.7 Å². The Balaban J connectivity index is 1.73. The molecule has 1 N–H and O–H groups in total. The number of benzene rings is 2. The van der Waals surface area contributed by atoms with Crippen LogP contribution in [0.1, 0.15) is 11.1 Å². The summed E-state index contributed by atoms with van der Waals surface area (Å²) in [6, 6.07) is 12.3. The second-order valence-electron chi connectivity index (χ2n) is 10.2. The number of ether oxygens (including phenoxy) is 1. The van der Waals surface area contributed by atoms with Crippen molar-refractivity contribution in [2.75, 3.05) is 64.9 Å². The van der Waals surface area contributed by atoms with E-state index in [1.807, 2.05) is 0 Å². The number of ketones is 1. The Morgan fingerprint density at radius 3 is 2.46 bits per heavy atom. The van der Waals surface area contributed by atoms with Crippen LogP contribution in [0.15, 0.2) is 71.7 Å². The van der Waals surface area contributed by atoms with Gasteiger partial charge in [0.15, 0.2) is 5.54 Å². The third kappa shape index (κ3) is 4.47. The predicted octanol–water partition coefficient (Wildman–Crippen LogP) is 1.38. The smallest absolute Gasteiger partial charge is 0.296 e. The van der Waals surface area contributed by atoms with E-state index in [0.717, 1.165) is 4.31 Å². The van der Waals surface area contributed by atoms with Crippen LogP contribution in [0, 0.1) is 0 Å². The molecule has 1 spiro atoms. The number of hydrogen-bond donors (Lipinski definition) is 1. The van der Waals surface area contributed by atoms with Crippen molar-refractivity contribution < 1.29 is 32.6 Å². The van der Waals surface area contributed by atoms with Crippen molar-refractivity contribution in [3.8, 4) is 0 Å². The van der Waals surface area contributed by atoms with Crippen LogP contribution in [-0.2, 0) is 34.7 Å². The van der Waals surface area contributed by atoms with E-state index < -0.39 is 44.5 Å². The summed E-state index contributed by atoms with van der Waals surface area (Å²) in [4.78, 5) is 46.6. The molecule has 1 unspecified atom stereocenters. The molecule has 3 aliphatic heterocycles. The lowest BCUT2D eigenvalue weighted by Crippen LogP contribution is -2.54. The normalized spacial score (nSPS) is 22.7. The molecule has 0 aromatic heterocycles. The van der Waals surface area contributed by atoms with Gasteiger partial charge in [-0.15, -0.1) is 6.58 Å². The Labute approximate surface area is 238 Å². The maximum atomic E-state index is 14.4. The molecule has 12 heteroatoms. The predicted molar refractivity (Wildman–Crippen MR) is 152 cm³/mol. The number of morpholine rings is 1. The molecule has 5 rings (SSSR count). The molecular formula is C29H32N4O7S. The highest BCUT2D eigenvalue weighted by molar-refractivity contribution is 7.89. The molecule has 3 heterocycles. The van der Waals surface area contributed by atoms with Gasteiger partial charge in [0.2, 0.25) is 10.0 Å². The van der Waals surface area contributed by atoms with Crippen molar-refractivity contribution in [2.45, 2.75) is 10.4 Å². The second kappa shape index (κ2) is 10.9. The summed E-state index contributed by atoms with van der Waals surface area (Å²) in [7, 11) is -1.12. The summed E-state index contributed by atoms with van der Waals surface area (Å²) in [6.07, 6.45) is 1.54. The first-order valence-electron chi connectivity index (χ1n) is 13.2. The number of hydrogen-bond acceptors (Lipinski definition) is 8. The lowest BCUT2D eigenvalue weighted by Gasteiger charge is -2.36. The second-order valence-corrected chi connectivity index (χ2v) is 12.4. The number of nitrogens with zero attached hydrogens (tertiary/aromatic N) is 4. The molecule has 0 aliphatic carbocycles. The average Bonchev–Trinajstić information content (AvgIpc) is 3.35. The molecule has 0 radical (unpaired) electrons. The van der Waals surface area contributed by atoms with E-state index in [4.69, 9.17) is 4.74 Å². The first kappa shape index (κ1) is 28.7. The van der Waals surface area contributed by atoms with Gasteiger partial charge in [0.05, 0.1) is 29.4 Å². The Bertz CT molecular complexity index is 1560. The molecule has 41 heavy (non-hydrogen) atoms. The Hall–Kier alpha value is -3.84. The van der Waals surface area contributed by atoms with Gasteiger partial charge in [0.1, 0.15) is 5.76 Å². The van der Waals surface area contributed by atoms with Crippen molar-refractivity contribution >= 4 is 39.1 Å². The number of likely N-dealkylation sites (tertiary alicyclic amines) is 1. The van der Waals surface area contributed by atoms with Gasteiger partial charge in [-0.05, 0) is 18.2 Å². The summed E-state index contributed by atoms with van der Waals surface area (Å²) in [5, 5.41) is 11.7. The molecule has 3 aliphatic rings. The number of aliphatic hydroxyl groups excluding tert-OH is 1. The highest BCUT2D eigenvalue weighted by atomic mass is 32.2. The fraction of sp³-hybridized carbons (Fsp3) is 0.345. The van der Waals surface area contributed by atoms with Crippen LogP contribution >= 0.6 is 0 Å². The quantitative estimate of drug-likeness (QED) is 0.215. The molecule has 0 bridgehead atoms. The van der Waals surface area contributed by atoms with Gasteiger partial charge in [-0.2, -0.15) is 0 Å². The van der Waals surface area contributed by atoms with E-state index >= 15 is 0 Å². The number of sulfonamides is 1. The number of para-hydroxylation sites is 1. The van der Waals surface area contributed by atoms with Crippen molar-refractivity contribution in [1.29, 1.82) is 0 Å². The van der Waals surface area contributed by atoms with E-state index in [2.05, 4.69) is 11.5 Å². The largest absolute Gasteiger partial charge is 0.507 e. The number of anilines is 1. The Morgan fingerprint density at radius 1 is 1.07 bits per heavy atom. The van der Waals surface area contributed by atoms with Crippen molar-refractivity contribution in [2.24, 2.45) is 0 Å². The van der Waals surface area contributed by atoms with E-state index in [0.29, 0.717) is 44.1 Å². The number of carbonyl (C=O) groups is 3. The number of fused-ring (bicyclic) bond motifs is 2. The number of aliphatic hydroxyl groups is 1. The first-order chi connectivity index (χ1) is 19.6. The van der Waals surface area contributed by atoms with Crippen LogP contribution < -0.4 is 4.90 Å². The number of rotatable bonds is 8. The SMILES string of the molecule is C=CCN1C(=O)C2(C(=C(O)c3cccc(S(=O)(=O)N(C)C)c3)C(=O)C(=O)N2CCN2CCOCC2)c2ccccc21. The van der Waals surface area contributed by atoms with Crippen molar-refractivity contribution in [3.05, 3.63) is 77.9 Å². The molecule has 2 fully saturated rings. The van der Waals surface area contributed by atoms with E-state index in [-0.39, 0.29) is 23.5 Å². The fourth-order valence-electron chi connectivity index (χ4n) is 5.70. The highest BCUT2D eigenvalue weighted by Crippen LogP contribution is 2.53. The zero-order chi connectivity index (χ0) is 29.5. The number of Topliss-reactive ketones (excluding diaryl/α,β-unsaturated/α-hetero) is 1. The van der Waals surface area contributed by atoms with Gasteiger partial charge < -0.3 is 19.6 Å². The topological polar surface area (TPSA) is 128 Å². The van der Waals surface area contributed by atoms with Crippen LogP contribution in [0.25, 0.3) is 5.76 Å². The monoisotopic (exact) mass is 580 g/mol. The van der Waals surface area contributed by atoms with Crippen LogP contribution in [-0.4, -0.2) is 105 Å². The molecule has 2 aromatic carbocycles. The molecule has 216 valence electrons. The average molecular weight is 581 g/mol. The fourth-order valence-corrected chi connectivity index (χ4v) is 6.65. The van der Waals surface area contributed by atoms with Crippen LogP contribution in [0.3, 0.4) is 0 Å². The molecule has 2 amide bonds. The highest BCUT2D eigenvalue weighted by Gasteiger charge is 2.67. The maximum Gasteiger partial charge on any atom is 0.296 e. The zero-order valence-corrected chi connectivity index (χ0v) is 23.8. The number of amides is 2. The minimum absolute atomic E-state index is 0.00840. The van der Waals surface area contributed by atoms with Crippen LogP contribution in [0.4, 0.5) is 5.69 Å². The van der Waals surface area contributed by atoms with Crippen molar-refractivity contribution in [3.63, 3.8) is 0 Å². The maximum absolute atomic E-state index is 14.4. The van der Waals surface area contributed by atoms with Gasteiger partial charge in [0.25, 0.3) is 17.6 Å². The molecule has 2 aromatic rings.